The lowest BCUT2D eigenvalue weighted by Crippen LogP contribution is -1.98. The van der Waals surface area contributed by atoms with Gasteiger partial charge in [0.15, 0.2) is 5.82 Å². The van der Waals surface area contributed by atoms with Gasteiger partial charge < -0.3 is 0 Å². The summed E-state index contributed by atoms with van der Waals surface area (Å²) < 4.78 is 2.39. The lowest BCUT2D eigenvalue weighted by Gasteiger charge is -1.98. The van der Waals surface area contributed by atoms with Crippen LogP contribution in [-0.2, 0) is 0 Å². The van der Waals surface area contributed by atoms with Gasteiger partial charge in [-0.15, -0.1) is 0 Å². The molecule has 4 nitrogen and oxygen atoms in total. The van der Waals surface area contributed by atoms with Crippen LogP contribution in [0.25, 0.3) is 5.82 Å². The Balaban J connectivity index is 2.46. The smallest absolute Gasteiger partial charge is 0.172 e. The maximum atomic E-state index is 4.21. The summed E-state index contributed by atoms with van der Waals surface area (Å²) in [5, 5.41) is 4.12. The average Bonchev–Trinajstić information content (AvgIpc) is 2.52. The molecule has 0 spiro atoms. The molecular weight excluding hydrogens is 232 g/mol. The normalized spacial score (nSPS) is 10.3. The number of nitrogens with zero attached hydrogens (tertiary/aromatic N) is 4. The lowest BCUT2D eigenvalue weighted by molar-refractivity contribution is 0.833. The molecule has 0 saturated heterocycles. The van der Waals surface area contributed by atoms with Crippen molar-refractivity contribution in [3.8, 4) is 5.82 Å². The number of aromatic nitrogens is 4. The fourth-order valence-electron chi connectivity index (χ4n) is 0.981. The zero-order valence-corrected chi connectivity index (χ0v) is 8.56. The molecule has 13 heavy (non-hydrogen) atoms. The zero-order chi connectivity index (χ0) is 9.26. The van der Waals surface area contributed by atoms with Crippen LogP contribution >= 0.6 is 15.9 Å². The highest BCUT2D eigenvalue weighted by atomic mass is 79.9. The molecule has 0 aliphatic carbocycles. The molecule has 0 aromatic carbocycles. The molecule has 0 unspecified atom stereocenters. The van der Waals surface area contributed by atoms with Gasteiger partial charge in [0, 0.05) is 6.20 Å². The number of halogens is 1. The Morgan fingerprint density at radius 1 is 1.31 bits per heavy atom. The summed E-state index contributed by atoms with van der Waals surface area (Å²) >= 11 is 3.25. The quantitative estimate of drug-likeness (QED) is 0.761. The molecule has 2 heterocycles. The first kappa shape index (κ1) is 8.37. The summed E-state index contributed by atoms with van der Waals surface area (Å²) in [6.07, 6.45) is 6.98. The van der Waals surface area contributed by atoms with Gasteiger partial charge in [0.05, 0.1) is 18.6 Å². The van der Waals surface area contributed by atoms with Gasteiger partial charge >= 0.3 is 0 Å². The number of rotatable bonds is 1. The molecule has 2 aromatic heterocycles. The highest BCUT2D eigenvalue weighted by molar-refractivity contribution is 9.10. The van der Waals surface area contributed by atoms with Crippen molar-refractivity contribution < 1.29 is 0 Å². The zero-order valence-electron chi connectivity index (χ0n) is 6.98. The minimum atomic E-state index is 0.707. The third-order valence-corrected chi connectivity index (χ3v) is 1.92. The van der Waals surface area contributed by atoms with E-state index in [1.807, 2.05) is 13.1 Å². The van der Waals surface area contributed by atoms with E-state index in [1.165, 1.54) is 0 Å². The van der Waals surface area contributed by atoms with Crippen LogP contribution < -0.4 is 0 Å². The Morgan fingerprint density at radius 3 is 2.77 bits per heavy atom. The minimum absolute atomic E-state index is 0.707. The van der Waals surface area contributed by atoms with Crippen LogP contribution in [0.15, 0.2) is 29.4 Å². The average molecular weight is 239 g/mol. The highest BCUT2D eigenvalue weighted by Crippen LogP contribution is 2.07. The summed E-state index contributed by atoms with van der Waals surface area (Å²) in [7, 11) is 0. The minimum Gasteiger partial charge on any atom is -0.258 e. The highest BCUT2D eigenvalue weighted by Gasteiger charge is 1.99. The molecule has 0 saturated carbocycles. The van der Waals surface area contributed by atoms with Crippen molar-refractivity contribution in [2.45, 2.75) is 6.92 Å². The Bertz CT molecular complexity index is 424. The molecule has 0 bridgehead atoms. The molecule has 2 rings (SSSR count). The van der Waals surface area contributed by atoms with Gasteiger partial charge in [-0.25, -0.2) is 9.67 Å². The van der Waals surface area contributed by atoms with E-state index in [2.05, 4.69) is 31.0 Å². The number of aryl methyl sites for hydroxylation is 1. The molecule has 0 fully saturated rings. The van der Waals surface area contributed by atoms with Crippen LogP contribution in [-0.4, -0.2) is 19.7 Å². The molecule has 5 heteroatoms. The van der Waals surface area contributed by atoms with Crippen molar-refractivity contribution in [3.63, 3.8) is 0 Å². The van der Waals surface area contributed by atoms with Crippen molar-refractivity contribution in [1.82, 2.24) is 19.7 Å². The summed E-state index contributed by atoms with van der Waals surface area (Å²) in [6, 6.07) is 0. The van der Waals surface area contributed by atoms with Gasteiger partial charge in [-0.3, -0.25) is 4.98 Å². The molecule has 0 radical (unpaired) electrons. The van der Waals surface area contributed by atoms with E-state index in [0.717, 1.165) is 5.56 Å². The maximum Gasteiger partial charge on any atom is 0.172 e. The van der Waals surface area contributed by atoms with E-state index in [-0.39, 0.29) is 0 Å². The molecular formula is C8H7BrN4. The van der Waals surface area contributed by atoms with Crippen molar-refractivity contribution in [1.29, 1.82) is 0 Å². The molecule has 0 amide bonds. The first-order chi connectivity index (χ1) is 6.25. The first-order valence-corrected chi connectivity index (χ1v) is 4.54. The standard InChI is InChI=1S/C8H7BrN4/c1-6-2-11-13(5-6)8-4-10-3-7(9)12-8/h2-5H,1H3. The lowest BCUT2D eigenvalue weighted by atomic mass is 10.4. The topological polar surface area (TPSA) is 43.6 Å². The SMILES string of the molecule is Cc1cnn(-c2cncc(Br)n2)c1. The van der Waals surface area contributed by atoms with Gasteiger partial charge in [0.25, 0.3) is 0 Å². The molecule has 0 aliphatic rings. The van der Waals surface area contributed by atoms with Crippen LogP contribution in [0.5, 0.6) is 0 Å². The van der Waals surface area contributed by atoms with E-state index in [9.17, 15) is 0 Å². The predicted octanol–water partition coefficient (Wildman–Crippen LogP) is 1.73. The van der Waals surface area contributed by atoms with Gasteiger partial charge in [-0.2, -0.15) is 5.10 Å². The third-order valence-electron chi connectivity index (χ3n) is 1.54. The number of hydrogen-bond acceptors (Lipinski definition) is 3. The van der Waals surface area contributed by atoms with E-state index in [1.54, 1.807) is 23.3 Å². The maximum absolute atomic E-state index is 4.21. The van der Waals surface area contributed by atoms with Crippen LogP contribution in [0.2, 0.25) is 0 Å². The Kier molecular flexibility index (Phi) is 2.10. The number of hydrogen-bond donors (Lipinski definition) is 0. The van der Waals surface area contributed by atoms with Crippen LogP contribution in [0.4, 0.5) is 0 Å². The second-order valence-corrected chi connectivity index (χ2v) is 3.47. The van der Waals surface area contributed by atoms with E-state index < -0.39 is 0 Å². The third kappa shape index (κ3) is 1.75. The fraction of sp³-hybridized carbons (Fsp3) is 0.125. The van der Waals surface area contributed by atoms with E-state index >= 15 is 0 Å². The first-order valence-electron chi connectivity index (χ1n) is 3.75. The predicted molar refractivity (Wildman–Crippen MR) is 51.6 cm³/mol. The Morgan fingerprint density at radius 2 is 2.15 bits per heavy atom. The monoisotopic (exact) mass is 238 g/mol. The van der Waals surface area contributed by atoms with Crippen molar-refractivity contribution in [3.05, 3.63) is 35.0 Å². The largest absolute Gasteiger partial charge is 0.258 e. The molecule has 0 aliphatic heterocycles. The second-order valence-electron chi connectivity index (χ2n) is 2.66. The molecule has 66 valence electrons. The van der Waals surface area contributed by atoms with Gasteiger partial charge in [0.1, 0.15) is 4.60 Å². The fourth-order valence-corrected chi connectivity index (χ4v) is 1.28. The molecule has 0 N–H and O–H groups in total. The van der Waals surface area contributed by atoms with Crippen LogP contribution in [0.3, 0.4) is 0 Å². The molecule has 2 aromatic rings. The summed E-state index contributed by atoms with van der Waals surface area (Å²) in [4.78, 5) is 8.21. The van der Waals surface area contributed by atoms with Gasteiger partial charge in [-0.05, 0) is 28.4 Å². The van der Waals surface area contributed by atoms with Crippen molar-refractivity contribution in [2.24, 2.45) is 0 Å². The van der Waals surface area contributed by atoms with Crippen molar-refractivity contribution >= 4 is 15.9 Å². The van der Waals surface area contributed by atoms with Crippen LogP contribution in [0.1, 0.15) is 5.56 Å². The van der Waals surface area contributed by atoms with Gasteiger partial charge in [0.2, 0.25) is 0 Å². The van der Waals surface area contributed by atoms with E-state index in [0.29, 0.717) is 10.4 Å². The van der Waals surface area contributed by atoms with Crippen LogP contribution in [0, 0.1) is 6.92 Å². The molecule has 0 atom stereocenters. The summed E-state index contributed by atoms with van der Waals surface area (Å²) in [5.74, 6) is 0.711. The van der Waals surface area contributed by atoms with E-state index in [4.69, 9.17) is 0 Å². The Labute approximate surface area is 83.8 Å². The summed E-state index contributed by atoms with van der Waals surface area (Å²) in [6.45, 7) is 1.98. The van der Waals surface area contributed by atoms with Crippen molar-refractivity contribution in [2.75, 3.05) is 0 Å². The second kappa shape index (κ2) is 3.26. The summed E-state index contributed by atoms with van der Waals surface area (Å²) in [5.41, 5.74) is 1.10. The Hall–Kier alpha value is -1.23. The van der Waals surface area contributed by atoms with Gasteiger partial charge in [-0.1, -0.05) is 0 Å².